The number of nitrogens with zero attached hydrogens (tertiary/aromatic N) is 1. The fraction of sp³-hybridized carbons (Fsp3) is 0.381. The van der Waals surface area contributed by atoms with Crippen molar-refractivity contribution in [2.24, 2.45) is 0 Å². The molecule has 1 heterocycles. The minimum absolute atomic E-state index is 0.125. The largest absolute Gasteiger partial charge is 0.376 e. The summed E-state index contributed by atoms with van der Waals surface area (Å²) in [7, 11) is 0. The third-order valence-corrected chi connectivity index (χ3v) is 4.53. The van der Waals surface area contributed by atoms with Gasteiger partial charge in [-0.05, 0) is 30.5 Å². The quantitative estimate of drug-likeness (QED) is 0.710. The third-order valence-electron chi connectivity index (χ3n) is 4.53. The van der Waals surface area contributed by atoms with Gasteiger partial charge >= 0.3 is 0 Å². The summed E-state index contributed by atoms with van der Waals surface area (Å²) in [5, 5.41) is 0. The van der Waals surface area contributed by atoms with Gasteiger partial charge in [-0.15, -0.1) is 0 Å². The second-order valence-electron chi connectivity index (χ2n) is 6.38. The molecule has 0 saturated carbocycles. The Balaban J connectivity index is 1.34. The molecule has 2 aromatic rings. The van der Waals surface area contributed by atoms with Crippen molar-refractivity contribution in [2.75, 3.05) is 26.3 Å². The van der Waals surface area contributed by atoms with Gasteiger partial charge < -0.3 is 14.4 Å². The monoisotopic (exact) mass is 357 g/mol. The van der Waals surface area contributed by atoms with Crippen molar-refractivity contribution in [1.29, 1.82) is 0 Å². The number of hydrogen-bond donors (Lipinski definition) is 0. The van der Waals surface area contributed by atoms with Crippen LogP contribution in [0.25, 0.3) is 0 Å². The zero-order valence-corrected chi connectivity index (χ0v) is 14.8. The van der Waals surface area contributed by atoms with Gasteiger partial charge in [-0.1, -0.05) is 42.5 Å². The van der Waals surface area contributed by atoms with E-state index in [9.17, 15) is 9.18 Å². The number of piperidine rings is 1. The van der Waals surface area contributed by atoms with Crippen molar-refractivity contribution in [3.05, 3.63) is 71.5 Å². The standard InChI is InChI=1S/C21H24FNO3/c22-20-9-5-4-8-19(20)21(24)23-12-10-18(11-13-23)26-15-14-25-16-17-6-2-1-3-7-17/h1-9,18H,10-16H2. The van der Waals surface area contributed by atoms with E-state index in [0.717, 1.165) is 18.4 Å². The normalized spacial score (nSPS) is 15.2. The summed E-state index contributed by atoms with van der Waals surface area (Å²) in [5.74, 6) is -0.709. The van der Waals surface area contributed by atoms with Crippen LogP contribution >= 0.6 is 0 Å². The first-order chi connectivity index (χ1) is 12.7. The molecule has 0 bridgehead atoms. The van der Waals surface area contributed by atoms with Gasteiger partial charge in [0.05, 0.1) is 31.5 Å². The Hall–Kier alpha value is -2.24. The summed E-state index contributed by atoms with van der Waals surface area (Å²) >= 11 is 0. The summed E-state index contributed by atoms with van der Waals surface area (Å²) < 4.78 is 25.2. The summed E-state index contributed by atoms with van der Waals surface area (Å²) in [6.45, 7) is 2.84. The molecule has 1 saturated heterocycles. The number of ether oxygens (including phenoxy) is 2. The zero-order valence-electron chi connectivity index (χ0n) is 14.8. The van der Waals surface area contributed by atoms with Crippen LogP contribution in [0.5, 0.6) is 0 Å². The van der Waals surface area contributed by atoms with Crippen LogP contribution in [0.1, 0.15) is 28.8 Å². The predicted molar refractivity (Wildman–Crippen MR) is 97.4 cm³/mol. The molecule has 0 radical (unpaired) electrons. The van der Waals surface area contributed by atoms with Gasteiger partial charge in [-0.3, -0.25) is 4.79 Å². The Morgan fingerprint density at radius 2 is 1.69 bits per heavy atom. The lowest BCUT2D eigenvalue weighted by atomic mass is 10.1. The first-order valence-electron chi connectivity index (χ1n) is 9.01. The lowest BCUT2D eigenvalue weighted by Crippen LogP contribution is -2.41. The van der Waals surface area contributed by atoms with Crippen LogP contribution in [0, 0.1) is 5.82 Å². The lowest BCUT2D eigenvalue weighted by Gasteiger charge is -2.32. The van der Waals surface area contributed by atoms with Gasteiger partial charge in [0.15, 0.2) is 0 Å². The fourth-order valence-corrected chi connectivity index (χ4v) is 3.07. The van der Waals surface area contributed by atoms with Crippen molar-refractivity contribution in [2.45, 2.75) is 25.6 Å². The van der Waals surface area contributed by atoms with Gasteiger partial charge in [0.2, 0.25) is 0 Å². The number of hydrogen-bond acceptors (Lipinski definition) is 3. The average Bonchev–Trinajstić information content (AvgIpc) is 2.69. The Labute approximate surface area is 153 Å². The topological polar surface area (TPSA) is 38.8 Å². The maximum Gasteiger partial charge on any atom is 0.256 e. The Morgan fingerprint density at radius 3 is 2.42 bits per heavy atom. The maximum atomic E-state index is 13.7. The second-order valence-corrected chi connectivity index (χ2v) is 6.38. The molecule has 1 aliphatic rings. The predicted octanol–water partition coefficient (Wildman–Crippen LogP) is 3.66. The molecule has 0 N–H and O–H groups in total. The summed E-state index contributed by atoms with van der Waals surface area (Å²) in [4.78, 5) is 14.1. The molecule has 3 rings (SSSR count). The molecule has 5 heteroatoms. The number of likely N-dealkylation sites (tertiary alicyclic amines) is 1. The third kappa shape index (κ3) is 5.13. The van der Waals surface area contributed by atoms with E-state index in [2.05, 4.69) is 0 Å². The van der Waals surface area contributed by atoms with Crippen molar-refractivity contribution in [3.8, 4) is 0 Å². The molecule has 138 valence electrons. The molecular weight excluding hydrogens is 333 g/mol. The fourth-order valence-electron chi connectivity index (χ4n) is 3.07. The van der Waals surface area contributed by atoms with Crippen LogP contribution in [0.2, 0.25) is 0 Å². The zero-order chi connectivity index (χ0) is 18.2. The van der Waals surface area contributed by atoms with E-state index < -0.39 is 5.82 Å². The van der Waals surface area contributed by atoms with Gasteiger partial charge in [0.25, 0.3) is 5.91 Å². The van der Waals surface area contributed by atoms with Crippen LogP contribution in [0.15, 0.2) is 54.6 Å². The van der Waals surface area contributed by atoms with E-state index in [0.29, 0.717) is 32.9 Å². The number of carbonyl (C=O) groups is 1. The molecule has 4 nitrogen and oxygen atoms in total. The van der Waals surface area contributed by atoms with Crippen molar-refractivity contribution < 1.29 is 18.7 Å². The number of amides is 1. The minimum Gasteiger partial charge on any atom is -0.376 e. The first-order valence-corrected chi connectivity index (χ1v) is 9.01. The molecule has 26 heavy (non-hydrogen) atoms. The van der Waals surface area contributed by atoms with Gasteiger partial charge in [-0.2, -0.15) is 0 Å². The lowest BCUT2D eigenvalue weighted by molar-refractivity contribution is -0.0229. The van der Waals surface area contributed by atoms with Crippen LogP contribution in [-0.4, -0.2) is 43.2 Å². The van der Waals surface area contributed by atoms with E-state index in [1.807, 2.05) is 30.3 Å². The maximum absolute atomic E-state index is 13.7. The summed E-state index contributed by atoms with van der Waals surface area (Å²) in [6, 6.07) is 16.1. The van der Waals surface area contributed by atoms with E-state index in [4.69, 9.17) is 9.47 Å². The highest BCUT2D eigenvalue weighted by Gasteiger charge is 2.25. The molecule has 0 aromatic heterocycles. The van der Waals surface area contributed by atoms with Crippen molar-refractivity contribution >= 4 is 5.91 Å². The summed E-state index contributed by atoms with van der Waals surface area (Å²) in [6.07, 6.45) is 1.65. The Bertz CT molecular complexity index is 699. The van der Waals surface area contributed by atoms with Crippen LogP contribution in [0.4, 0.5) is 4.39 Å². The van der Waals surface area contributed by atoms with E-state index >= 15 is 0 Å². The number of rotatable bonds is 7. The average molecular weight is 357 g/mol. The van der Waals surface area contributed by atoms with Crippen molar-refractivity contribution in [3.63, 3.8) is 0 Å². The smallest absolute Gasteiger partial charge is 0.256 e. The Kier molecular flexibility index (Phi) is 6.75. The van der Waals surface area contributed by atoms with Crippen LogP contribution < -0.4 is 0 Å². The van der Waals surface area contributed by atoms with Gasteiger partial charge in [0, 0.05) is 13.1 Å². The molecule has 0 atom stereocenters. The highest BCUT2D eigenvalue weighted by atomic mass is 19.1. The number of carbonyl (C=O) groups excluding carboxylic acids is 1. The SMILES string of the molecule is O=C(c1ccccc1F)N1CCC(OCCOCc2ccccc2)CC1. The van der Waals surface area contributed by atoms with E-state index in [1.165, 1.54) is 12.1 Å². The van der Waals surface area contributed by atoms with Crippen molar-refractivity contribution in [1.82, 2.24) is 4.90 Å². The highest BCUT2D eigenvalue weighted by Crippen LogP contribution is 2.17. The minimum atomic E-state index is -0.466. The molecule has 2 aromatic carbocycles. The van der Waals surface area contributed by atoms with Crippen LogP contribution in [0.3, 0.4) is 0 Å². The second kappa shape index (κ2) is 9.46. The summed E-state index contributed by atoms with van der Waals surface area (Å²) in [5.41, 5.74) is 1.29. The highest BCUT2D eigenvalue weighted by molar-refractivity contribution is 5.94. The molecule has 1 amide bonds. The van der Waals surface area contributed by atoms with E-state index in [1.54, 1.807) is 17.0 Å². The number of halogens is 1. The van der Waals surface area contributed by atoms with Crippen LogP contribution in [-0.2, 0) is 16.1 Å². The van der Waals surface area contributed by atoms with Gasteiger partial charge in [-0.25, -0.2) is 4.39 Å². The molecule has 0 aliphatic carbocycles. The molecule has 0 unspecified atom stereocenters. The van der Waals surface area contributed by atoms with Gasteiger partial charge in [0.1, 0.15) is 5.82 Å². The first kappa shape index (κ1) is 18.5. The molecule has 0 spiro atoms. The molecule has 1 fully saturated rings. The van der Waals surface area contributed by atoms with E-state index in [-0.39, 0.29) is 17.6 Å². The Morgan fingerprint density at radius 1 is 1.00 bits per heavy atom. The molecular formula is C21H24FNO3. The number of benzene rings is 2. The molecule has 1 aliphatic heterocycles.